The first-order chi connectivity index (χ1) is 18.8. The Labute approximate surface area is 228 Å². The molecule has 5 rings (SSSR count). The Morgan fingerprint density at radius 2 is 1.85 bits per heavy atom. The van der Waals surface area contributed by atoms with Crippen molar-refractivity contribution < 1.29 is 12.8 Å². The van der Waals surface area contributed by atoms with E-state index in [1.165, 1.54) is 18.5 Å². The number of benzene rings is 1. The van der Waals surface area contributed by atoms with E-state index in [1.807, 2.05) is 36.4 Å². The Hall–Kier alpha value is -4.73. The van der Waals surface area contributed by atoms with Gasteiger partial charge in [-0.2, -0.15) is 5.26 Å². The molecule has 0 aliphatic heterocycles. The molecular weight excluding hydrogens is 540 g/mol. The Balaban J connectivity index is 1.38. The Morgan fingerprint density at radius 3 is 2.59 bits per heavy atom. The molecule has 13 heteroatoms. The van der Waals surface area contributed by atoms with Gasteiger partial charge in [0.05, 0.1) is 15.6 Å². The van der Waals surface area contributed by atoms with Gasteiger partial charge in [-0.15, -0.1) is 20.4 Å². The van der Waals surface area contributed by atoms with Crippen LogP contribution in [0, 0.1) is 11.3 Å². The summed E-state index contributed by atoms with van der Waals surface area (Å²) in [6.45, 7) is 0. The molecule has 0 amide bonds. The van der Waals surface area contributed by atoms with Crippen molar-refractivity contribution in [2.75, 3.05) is 6.26 Å². The van der Waals surface area contributed by atoms with E-state index in [2.05, 4.69) is 30.4 Å². The molecule has 0 radical (unpaired) electrons. The van der Waals surface area contributed by atoms with E-state index < -0.39 is 9.84 Å². The number of sulfone groups is 1. The highest BCUT2D eigenvalue weighted by atomic mass is 35.5. The first-order valence-electron chi connectivity index (χ1n) is 11.5. The number of nitrogens with zero attached hydrogens (tertiary/aromatic N) is 8. The number of pyridine rings is 2. The van der Waals surface area contributed by atoms with Crippen LogP contribution in [0.3, 0.4) is 0 Å². The van der Waals surface area contributed by atoms with Gasteiger partial charge in [-0.25, -0.2) is 13.4 Å². The van der Waals surface area contributed by atoms with Gasteiger partial charge >= 0.3 is 0 Å². The number of hydrogen-bond acceptors (Lipinski definition) is 10. The third-order valence-corrected chi connectivity index (χ3v) is 6.98. The van der Waals surface area contributed by atoms with Crippen LogP contribution in [0.25, 0.3) is 28.7 Å². The van der Waals surface area contributed by atoms with Crippen molar-refractivity contribution in [3.63, 3.8) is 0 Å². The molecule has 1 aromatic carbocycles. The maximum absolute atomic E-state index is 11.8. The molecule has 39 heavy (non-hydrogen) atoms. The Kier molecular flexibility index (Phi) is 7.27. The molecule has 0 fully saturated rings. The SMILES string of the molecule is CS(=O)(=O)c1ccc(-c2nnc(C/C=C/Cc3nnc(-c4ccnc(C#N)c4)o3)n2-c2ccccc2Cl)nc1. The predicted molar refractivity (Wildman–Crippen MR) is 142 cm³/mol. The molecule has 0 saturated heterocycles. The summed E-state index contributed by atoms with van der Waals surface area (Å²) in [5, 5.41) is 26.3. The van der Waals surface area contributed by atoms with Gasteiger partial charge in [0.25, 0.3) is 0 Å². The fraction of sp³-hybridized carbons (Fsp3) is 0.115. The van der Waals surface area contributed by atoms with Crippen molar-refractivity contribution >= 4 is 21.4 Å². The zero-order valence-corrected chi connectivity index (χ0v) is 22.0. The van der Waals surface area contributed by atoms with Crippen molar-refractivity contribution in [2.24, 2.45) is 0 Å². The summed E-state index contributed by atoms with van der Waals surface area (Å²) < 4.78 is 31.2. The molecule has 0 bridgehead atoms. The summed E-state index contributed by atoms with van der Waals surface area (Å²) in [7, 11) is -3.39. The molecule has 4 heterocycles. The maximum Gasteiger partial charge on any atom is 0.247 e. The average molecular weight is 559 g/mol. The molecule has 4 aromatic heterocycles. The maximum atomic E-state index is 11.8. The summed E-state index contributed by atoms with van der Waals surface area (Å²) in [4.78, 5) is 8.35. The Morgan fingerprint density at radius 1 is 1.03 bits per heavy atom. The lowest BCUT2D eigenvalue weighted by molar-refractivity contribution is 0.520. The van der Waals surface area contributed by atoms with Crippen LogP contribution in [0.2, 0.25) is 5.02 Å². The molecule has 0 unspecified atom stereocenters. The van der Waals surface area contributed by atoms with Crippen molar-refractivity contribution in [3.8, 4) is 34.7 Å². The molecular formula is C26H19ClN8O3S. The average Bonchev–Trinajstić information content (AvgIpc) is 3.58. The van der Waals surface area contributed by atoms with Gasteiger partial charge < -0.3 is 4.42 Å². The number of hydrogen-bond donors (Lipinski definition) is 0. The van der Waals surface area contributed by atoms with Crippen molar-refractivity contribution in [3.05, 3.63) is 95.5 Å². The highest BCUT2D eigenvalue weighted by Crippen LogP contribution is 2.27. The second-order valence-electron chi connectivity index (χ2n) is 8.30. The van der Waals surface area contributed by atoms with Crippen molar-refractivity contribution in [2.45, 2.75) is 17.7 Å². The fourth-order valence-corrected chi connectivity index (χ4v) is 4.46. The minimum atomic E-state index is -3.39. The largest absolute Gasteiger partial charge is 0.420 e. The van der Waals surface area contributed by atoms with E-state index in [0.717, 1.165) is 6.26 Å². The minimum absolute atomic E-state index is 0.108. The monoisotopic (exact) mass is 558 g/mol. The molecule has 0 aliphatic rings. The summed E-state index contributed by atoms with van der Waals surface area (Å²) in [6, 6.07) is 15.6. The quantitative estimate of drug-likeness (QED) is 0.255. The topological polar surface area (TPSA) is 153 Å². The van der Waals surface area contributed by atoms with Gasteiger partial charge in [0, 0.05) is 37.1 Å². The Bertz CT molecular complexity index is 1820. The van der Waals surface area contributed by atoms with Crippen LogP contribution in [0.5, 0.6) is 0 Å². The van der Waals surface area contributed by atoms with Crippen LogP contribution in [-0.2, 0) is 22.7 Å². The van der Waals surface area contributed by atoms with Crippen LogP contribution in [0.4, 0.5) is 0 Å². The zero-order chi connectivity index (χ0) is 27.4. The number of allylic oxidation sites excluding steroid dienone is 2. The number of rotatable bonds is 8. The summed E-state index contributed by atoms with van der Waals surface area (Å²) in [6.07, 6.45) is 8.47. The number of halogens is 1. The van der Waals surface area contributed by atoms with Gasteiger partial charge in [0.1, 0.15) is 23.3 Å². The van der Waals surface area contributed by atoms with Gasteiger partial charge in [0.2, 0.25) is 11.8 Å². The van der Waals surface area contributed by atoms with Crippen LogP contribution >= 0.6 is 11.6 Å². The van der Waals surface area contributed by atoms with E-state index in [0.29, 0.717) is 58.2 Å². The lowest BCUT2D eigenvalue weighted by atomic mass is 10.2. The summed E-state index contributed by atoms with van der Waals surface area (Å²) >= 11 is 6.50. The van der Waals surface area contributed by atoms with Gasteiger partial charge in [0.15, 0.2) is 15.7 Å². The third-order valence-electron chi connectivity index (χ3n) is 5.56. The fourth-order valence-electron chi connectivity index (χ4n) is 3.68. The summed E-state index contributed by atoms with van der Waals surface area (Å²) in [5.74, 6) is 1.72. The molecule has 5 aromatic rings. The molecule has 0 saturated carbocycles. The normalized spacial score (nSPS) is 11.6. The number of aromatic nitrogens is 7. The van der Waals surface area contributed by atoms with Gasteiger partial charge in [-0.05, 0) is 36.4 Å². The lowest BCUT2D eigenvalue weighted by Gasteiger charge is -2.11. The van der Waals surface area contributed by atoms with Crippen LogP contribution < -0.4 is 0 Å². The van der Waals surface area contributed by atoms with E-state index in [-0.39, 0.29) is 10.6 Å². The number of nitriles is 1. The van der Waals surface area contributed by atoms with Crippen molar-refractivity contribution in [1.82, 2.24) is 34.9 Å². The second-order valence-corrected chi connectivity index (χ2v) is 10.7. The zero-order valence-electron chi connectivity index (χ0n) is 20.4. The van der Waals surface area contributed by atoms with Crippen LogP contribution in [-0.4, -0.2) is 49.6 Å². The lowest BCUT2D eigenvalue weighted by Crippen LogP contribution is -2.05. The molecule has 0 aliphatic carbocycles. The highest BCUT2D eigenvalue weighted by Gasteiger charge is 2.19. The van der Waals surface area contributed by atoms with Gasteiger partial charge in [-0.3, -0.25) is 9.55 Å². The molecule has 0 N–H and O–H groups in total. The predicted octanol–water partition coefficient (Wildman–Crippen LogP) is 4.04. The van der Waals surface area contributed by atoms with Crippen molar-refractivity contribution in [1.29, 1.82) is 5.26 Å². The van der Waals surface area contributed by atoms with Crippen LogP contribution in [0.15, 0.2) is 82.4 Å². The van der Waals surface area contributed by atoms with E-state index in [4.69, 9.17) is 21.3 Å². The molecule has 0 atom stereocenters. The first kappa shape index (κ1) is 25.9. The van der Waals surface area contributed by atoms with Crippen LogP contribution in [0.1, 0.15) is 17.4 Å². The standard InChI is InChI=1S/C26H19ClN8O3S/c1-39(36,37)19-10-11-21(30-16-19)25-33-31-23(35(25)22-7-3-2-6-20(22)27)8-4-5-9-24-32-34-26(38-24)17-12-13-29-18(14-17)15-28/h2-7,10-14,16H,8-9H2,1H3/b5-4+. The molecule has 0 spiro atoms. The smallest absolute Gasteiger partial charge is 0.247 e. The third kappa shape index (κ3) is 5.74. The minimum Gasteiger partial charge on any atom is -0.420 e. The highest BCUT2D eigenvalue weighted by molar-refractivity contribution is 7.90. The second kappa shape index (κ2) is 10.9. The molecule has 194 valence electrons. The van der Waals surface area contributed by atoms with E-state index in [9.17, 15) is 8.42 Å². The number of para-hydroxylation sites is 1. The van der Waals surface area contributed by atoms with E-state index in [1.54, 1.807) is 28.8 Å². The van der Waals surface area contributed by atoms with Gasteiger partial charge in [-0.1, -0.05) is 35.9 Å². The molecule has 11 nitrogen and oxygen atoms in total. The summed E-state index contributed by atoms with van der Waals surface area (Å²) in [5.41, 5.74) is 1.98. The first-order valence-corrected chi connectivity index (χ1v) is 13.8. The van der Waals surface area contributed by atoms with E-state index >= 15 is 0 Å².